The van der Waals surface area contributed by atoms with Crippen LogP contribution in [0.15, 0.2) is 35.2 Å². The molecule has 3 rings (SSSR count). The Bertz CT molecular complexity index is 1050. The number of sulfonamides is 1. The molecule has 0 radical (unpaired) electrons. The summed E-state index contributed by atoms with van der Waals surface area (Å²) in [6, 6.07) is 6.78. The van der Waals surface area contributed by atoms with Crippen molar-refractivity contribution in [1.82, 2.24) is 4.31 Å². The van der Waals surface area contributed by atoms with Gasteiger partial charge in [0.25, 0.3) is 0 Å². The average molecular weight is 426 g/mol. The predicted molar refractivity (Wildman–Crippen MR) is 102 cm³/mol. The van der Waals surface area contributed by atoms with Crippen molar-refractivity contribution in [2.75, 3.05) is 18.4 Å². The number of anilines is 1. The molecule has 0 saturated carbocycles. The Kier molecular flexibility index (Phi) is 6.00. The van der Waals surface area contributed by atoms with E-state index in [0.717, 1.165) is 17.7 Å². The molecule has 156 valence electrons. The molecule has 0 atom stereocenters. The first kappa shape index (κ1) is 21.3. The minimum atomic E-state index is -3.68. The molecule has 29 heavy (non-hydrogen) atoms. The molecule has 0 aliphatic carbocycles. The Morgan fingerprint density at radius 1 is 1.03 bits per heavy atom. The molecular weight excluding hydrogens is 405 g/mol. The number of halogens is 3. The van der Waals surface area contributed by atoms with Crippen LogP contribution in [0.25, 0.3) is 0 Å². The first-order valence-electron chi connectivity index (χ1n) is 9.13. The summed E-state index contributed by atoms with van der Waals surface area (Å²) in [5.41, 5.74) is 1.17. The summed E-state index contributed by atoms with van der Waals surface area (Å²) < 4.78 is 67.2. The summed E-state index contributed by atoms with van der Waals surface area (Å²) in [4.78, 5) is 12.6. The highest BCUT2D eigenvalue weighted by Gasteiger charge is 2.33. The van der Waals surface area contributed by atoms with Crippen molar-refractivity contribution < 1.29 is 26.4 Å². The van der Waals surface area contributed by atoms with Crippen molar-refractivity contribution in [3.8, 4) is 0 Å². The molecule has 0 spiro atoms. The second kappa shape index (κ2) is 8.16. The number of nitrogens with zero attached hydrogens (tertiary/aromatic N) is 1. The molecule has 0 bridgehead atoms. The van der Waals surface area contributed by atoms with Crippen LogP contribution in [0.3, 0.4) is 0 Å². The molecule has 2 aromatic rings. The second-order valence-corrected chi connectivity index (χ2v) is 9.07. The van der Waals surface area contributed by atoms with Gasteiger partial charge in [-0.15, -0.1) is 0 Å². The summed E-state index contributed by atoms with van der Waals surface area (Å²) in [5, 5.41) is 2.26. The summed E-state index contributed by atoms with van der Waals surface area (Å²) >= 11 is 0. The van der Waals surface area contributed by atoms with Crippen LogP contribution < -0.4 is 5.32 Å². The smallest absolute Gasteiger partial charge is 0.243 e. The van der Waals surface area contributed by atoms with E-state index in [0.29, 0.717) is 5.56 Å². The van der Waals surface area contributed by atoms with Crippen molar-refractivity contribution in [3.63, 3.8) is 0 Å². The van der Waals surface area contributed by atoms with E-state index in [1.54, 1.807) is 25.1 Å². The normalized spacial score (nSPS) is 16.0. The van der Waals surface area contributed by atoms with Crippen LogP contribution in [0.2, 0.25) is 0 Å². The number of piperidine rings is 1. The van der Waals surface area contributed by atoms with Crippen molar-refractivity contribution >= 4 is 21.6 Å². The molecule has 9 heteroatoms. The number of hydrogen-bond acceptors (Lipinski definition) is 3. The largest absolute Gasteiger partial charge is 0.323 e. The fourth-order valence-corrected chi connectivity index (χ4v) is 5.12. The molecular formula is C20H21F3N2O3S. The van der Waals surface area contributed by atoms with Crippen molar-refractivity contribution in [1.29, 1.82) is 0 Å². The minimum Gasteiger partial charge on any atom is -0.323 e. The van der Waals surface area contributed by atoms with Gasteiger partial charge in [-0.05, 0) is 50.5 Å². The van der Waals surface area contributed by atoms with Gasteiger partial charge in [-0.3, -0.25) is 4.79 Å². The van der Waals surface area contributed by atoms with Crippen LogP contribution in [-0.4, -0.2) is 31.7 Å². The third-order valence-corrected chi connectivity index (χ3v) is 7.12. The number of carbonyl (C=O) groups is 1. The van der Waals surface area contributed by atoms with Gasteiger partial charge >= 0.3 is 0 Å². The Labute approximate surface area is 167 Å². The Morgan fingerprint density at radius 3 is 2.31 bits per heavy atom. The Morgan fingerprint density at radius 2 is 1.69 bits per heavy atom. The molecule has 1 aliphatic rings. The average Bonchev–Trinajstić information content (AvgIpc) is 2.68. The lowest BCUT2D eigenvalue weighted by Gasteiger charge is -2.31. The molecule has 1 N–H and O–H groups in total. The highest BCUT2D eigenvalue weighted by atomic mass is 32.2. The molecule has 2 aromatic carbocycles. The van der Waals surface area contributed by atoms with E-state index < -0.39 is 45.0 Å². The number of hydrogen-bond donors (Lipinski definition) is 1. The molecule has 1 heterocycles. The van der Waals surface area contributed by atoms with E-state index in [1.165, 1.54) is 4.31 Å². The van der Waals surface area contributed by atoms with Crippen molar-refractivity contribution in [2.45, 2.75) is 31.6 Å². The van der Waals surface area contributed by atoms with Crippen LogP contribution in [0.4, 0.5) is 18.9 Å². The van der Waals surface area contributed by atoms with Crippen molar-refractivity contribution in [2.24, 2.45) is 5.92 Å². The molecule has 1 aliphatic heterocycles. The molecule has 0 aromatic heterocycles. The number of benzene rings is 2. The first-order valence-corrected chi connectivity index (χ1v) is 10.6. The van der Waals surface area contributed by atoms with Gasteiger partial charge in [-0.1, -0.05) is 17.7 Å². The van der Waals surface area contributed by atoms with E-state index in [9.17, 15) is 26.4 Å². The van der Waals surface area contributed by atoms with Crippen LogP contribution in [0.1, 0.15) is 24.0 Å². The van der Waals surface area contributed by atoms with Crippen LogP contribution in [0.5, 0.6) is 0 Å². The van der Waals surface area contributed by atoms with Crippen molar-refractivity contribution in [3.05, 3.63) is 58.9 Å². The van der Waals surface area contributed by atoms with Gasteiger partial charge in [0.1, 0.15) is 0 Å². The van der Waals surface area contributed by atoms with Gasteiger partial charge in [0.05, 0.1) is 10.6 Å². The summed E-state index contributed by atoms with van der Waals surface area (Å²) in [6.45, 7) is 3.88. The lowest BCUT2D eigenvalue weighted by Crippen LogP contribution is -2.41. The highest BCUT2D eigenvalue weighted by Crippen LogP contribution is 2.27. The first-order chi connectivity index (χ1) is 13.6. The maximum absolute atomic E-state index is 13.7. The zero-order valence-electron chi connectivity index (χ0n) is 16.0. The Balaban J connectivity index is 1.67. The number of carbonyl (C=O) groups excluding carboxylic acids is 1. The minimum absolute atomic E-state index is 0.133. The summed E-state index contributed by atoms with van der Waals surface area (Å²) in [7, 11) is -3.68. The fourth-order valence-electron chi connectivity index (χ4n) is 3.44. The molecule has 0 unspecified atom stereocenters. The fraction of sp³-hybridized carbons (Fsp3) is 0.350. The number of rotatable bonds is 4. The third-order valence-electron chi connectivity index (χ3n) is 5.07. The molecule has 5 nitrogen and oxygen atoms in total. The van der Waals surface area contributed by atoms with E-state index in [1.807, 2.05) is 6.92 Å². The predicted octanol–water partition coefficient (Wildman–Crippen LogP) is 3.76. The van der Waals surface area contributed by atoms with Gasteiger partial charge in [0.15, 0.2) is 17.5 Å². The van der Waals surface area contributed by atoms with Crippen LogP contribution in [-0.2, 0) is 14.8 Å². The summed E-state index contributed by atoms with van der Waals surface area (Å²) in [6.07, 6.45) is 0.475. The van der Waals surface area contributed by atoms with Gasteiger partial charge in [-0.25, -0.2) is 21.6 Å². The monoisotopic (exact) mass is 426 g/mol. The zero-order valence-corrected chi connectivity index (χ0v) is 16.8. The topological polar surface area (TPSA) is 66.5 Å². The lowest BCUT2D eigenvalue weighted by atomic mass is 9.97. The van der Waals surface area contributed by atoms with Gasteiger partial charge in [0, 0.05) is 19.0 Å². The number of aryl methyl sites for hydroxylation is 2. The lowest BCUT2D eigenvalue weighted by molar-refractivity contribution is -0.120. The van der Waals surface area contributed by atoms with Gasteiger partial charge < -0.3 is 5.32 Å². The van der Waals surface area contributed by atoms with Crippen LogP contribution >= 0.6 is 0 Å². The summed E-state index contributed by atoms with van der Waals surface area (Å²) in [5.74, 6) is -5.58. The quantitative estimate of drug-likeness (QED) is 0.757. The maximum Gasteiger partial charge on any atom is 0.243 e. The second-order valence-electron chi connectivity index (χ2n) is 7.16. The standard InChI is InChI=1S/C20H21F3N2O3S/c1-12-3-6-17(13(2)11-12)29(27,28)25-9-7-14(8-10-25)20(26)24-16-5-4-15(21)18(22)19(16)23/h3-6,11,14H,7-10H2,1-2H3,(H,24,26). The van der Waals surface area contributed by atoms with E-state index in [2.05, 4.69) is 5.32 Å². The van der Waals surface area contributed by atoms with Crippen LogP contribution in [0, 0.1) is 37.2 Å². The van der Waals surface area contributed by atoms with E-state index in [-0.39, 0.29) is 30.8 Å². The number of nitrogens with one attached hydrogen (secondary N) is 1. The van der Waals surface area contributed by atoms with E-state index in [4.69, 9.17) is 0 Å². The zero-order chi connectivity index (χ0) is 21.3. The van der Waals surface area contributed by atoms with Gasteiger partial charge in [0.2, 0.25) is 15.9 Å². The highest BCUT2D eigenvalue weighted by molar-refractivity contribution is 7.89. The number of amides is 1. The molecule has 1 fully saturated rings. The van der Waals surface area contributed by atoms with E-state index >= 15 is 0 Å². The SMILES string of the molecule is Cc1ccc(S(=O)(=O)N2CCC(C(=O)Nc3ccc(F)c(F)c3F)CC2)c(C)c1. The third kappa shape index (κ3) is 4.30. The van der Waals surface area contributed by atoms with Gasteiger partial charge in [-0.2, -0.15) is 4.31 Å². The molecule has 1 amide bonds. The molecule has 1 saturated heterocycles. The Hall–Kier alpha value is -2.39. The maximum atomic E-state index is 13.7.